The smallest absolute Gasteiger partial charge is 0.234 e. The van der Waals surface area contributed by atoms with Gasteiger partial charge in [0, 0.05) is 12.2 Å². The SMILES string of the molecule is CCn1c(SCC(=O)Nc2ccccc2C)nnc1C(C)Oc1ccc(C(C)C)cc1. The molecule has 0 radical (unpaired) electrons. The minimum absolute atomic E-state index is 0.0685. The molecule has 6 nitrogen and oxygen atoms in total. The second-order valence-electron chi connectivity index (χ2n) is 7.72. The lowest BCUT2D eigenvalue weighted by molar-refractivity contribution is -0.113. The van der Waals surface area contributed by atoms with Crippen LogP contribution in [0.3, 0.4) is 0 Å². The van der Waals surface area contributed by atoms with Crippen LogP contribution in [0.1, 0.15) is 56.7 Å². The van der Waals surface area contributed by atoms with Crippen molar-refractivity contribution in [1.82, 2.24) is 14.8 Å². The van der Waals surface area contributed by atoms with Crippen molar-refractivity contribution in [2.45, 2.75) is 58.3 Å². The quantitative estimate of drug-likeness (QED) is 0.440. The molecule has 0 saturated carbocycles. The predicted octanol–water partition coefficient (Wildman–Crippen LogP) is 5.60. The van der Waals surface area contributed by atoms with Crippen LogP contribution in [0.4, 0.5) is 5.69 Å². The van der Waals surface area contributed by atoms with E-state index in [9.17, 15) is 4.79 Å². The van der Waals surface area contributed by atoms with Crippen LogP contribution >= 0.6 is 11.8 Å². The average Bonchev–Trinajstić information content (AvgIpc) is 3.17. The molecule has 7 heteroatoms. The Morgan fingerprint density at radius 2 is 1.81 bits per heavy atom. The van der Waals surface area contributed by atoms with Crippen LogP contribution in [0, 0.1) is 6.92 Å². The van der Waals surface area contributed by atoms with Crippen LogP contribution < -0.4 is 10.1 Å². The largest absolute Gasteiger partial charge is 0.483 e. The maximum atomic E-state index is 12.4. The van der Waals surface area contributed by atoms with Gasteiger partial charge in [0.2, 0.25) is 5.91 Å². The number of anilines is 1. The van der Waals surface area contributed by atoms with E-state index in [-0.39, 0.29) is 17.8 Å². The molecule has 3 rings (SSSR count). The summed E-state index contributed by atoms with van der Waals surface area (Å²) in [6.45, 7) is 11.0. The van der Waals surface area contributed by atoms with Crippen molar-refractivity contribution in [3.63, 3.8) is 0 Å². The monoisotopic (exact) mass is 438 g/mol. The standard InChI is InChI=1S/C24H30N4O2S/c1-6-28-23(18(5)30-20-13-11-19(12-14-20)16(2)3)26-27-24(28)31-15-22(29)25-21-10-8-7-9-17(21)4/h7-14,16,18H,6,15H2,1-5H3,(H,25,29). The van der Waals surface area contributed by atoms with Crippen LogP contribution in [0.25, 0.3) is 0 Å². The Balaban J connectivity index is 1.63. The molecule has 0 fully saturated rings. The molecule has 0 saturated heterocycles. The zero-order chi connectivity index (χ0) is 22.4. The fourth-order valence-corrected chi connectivity index (χ4v) is 4.03. The maximum Gasteiger partial charge on any atom is 0.234 e. The summed E-state index contributed by atoms with van der Waals surface area (Å²) >= 11 is 1.38. The molecule has 1 atom stereocenters. The minimum atomic E-state index is -0.257. The first-order chi connectivity index (χ1) is 14.9. The number of carbonyl (C=O) groups is 1. The maximum absolute atomic E-state index is 12.4. The molecule has 1 heterocycles. The summed E-state index contributed by atoms with van der Waals surface area (Å²) in [6.07, 6.45) is -0.257. The normalized spacial score (nSPS) is 12.1. The number of hydrogen-bond acceptors (Lipinski definition) is 5. The number of ether oxygens (including phenoxy) is 1. The number of para-hydroxylation sites is 1. The molecule has 1 aromatic heterocycles. The van der Waals surface area contributed by atoms with Gasteiger partial charge in [-0.2, -0.15) is 0 Å². The van der Waals surface area contributed by atoms with Crippen molar-refractivity contribution in [3.05, 3.63) is 65.5 Å². The van der Waals surface area contributed by atoms with Crippen LogP contribution in [0.5, 0.6) is 5.75 Å². The molecular weight excluding hydrogens is 408 g/mol. The molecule has 164 valence electrons. The molecule has 1 amide bonds. The molecule has 0 bridgehead atoms. The number of nitrogens with zero attached hydrogens (tertiary/aromatic N) is 3. The zero-order valence-corrected chi connectivity index (χ0v) is 19.6. The third-order valence-electron chi connectivity index (χ3n) is 5.04. The van der Waals surface area contributed by atoms with E-state index in [1.807, 2.05) is 61.7 Å². The van der Waals surface area contributed by atoms with Crippen molar-refractivity contribution in [2.24, 2.45) is 0 Å². The number of amides is 1. The number of hydrogen-bond donors (Lipinski definition) is 1. The minimum Gasteiger partial charge on any atom is -0.483 e. The molecule has 2 aromatic carbocycles. The van der Waals surface area contributed by atoms with Gasteiger partial charge in [-0.05, 0) is 56.0 Å². The first kappa shape index (κ1) is 22.9. The second kappa shape index (κ2) is 10.5. The number of carbonyl (C=O) groups excluding carboxylic acids is 1. The van der Waals surface area contributed by atoms with E-state index in [1.165, 1.54) is 17.3 Å². The third-order valence-corrected chi connectivity index (χ3v) is 6.00. The lowest BCUT2D eigenvalue weighted by atomic mass is 10.0. The Morgan fingerprint density at radius 3 is 2.45 bits per heavy atom. The van der Waals surface area contributed by atoms with Crippen LogP contribution in [-0.2, 0) is 11.3 Å². The van der Waals surface area contributed by atoms with Crippen LogP contribution in [0.2, 0.25) is 0 Å². The number of rotatable bonds is 9. The van der Waals surface area contributed by atoms with E-state index in [0.29, 0.717) is 17.6 Å². The molecule has 0 spiro atoms. The number of nitrogens with one attached hydrogen (secondary N) is 1. The summed E-state index contributed by atoms with van der Waals surface area (Å²) in [5.74, 6) is 2.23. The topological polar surface area (TPSA) is 69.0 Å². The van der Waals surface area contributed by atoms with Gasteiger partial charge >= 0.3 is 0 Å². The van der Waals surface area contributed by atoms with E-state index in [4.69, 9.17) is 4.74 Å². The fourth-order valence-electron chi connectivity index (χ4n) is 3.22. The van der Waals surface area contributed by atoms with Gasteiger partial charge in [-0.15, -0.1) is 10.2 Å². The van der Waals surface area contributed by atoms with E-state index >= 15 is 0 Å². The Bertz CT molecular complexity index is 1010. The van der Waals surface area contributed by atoms with Gasteiger partial charge < -0.3 is 14.6 Å². The molecule has 3 aromatic rings. The molecule has 1 unspecified atom stereocenters. The molecule has 0 aliphatic rings. The van der Waals surface area contributed by atoms with Gasteiger partial charge in [0.25, 0.3) is 0 Å². The molecular formula is C24H30N4O2S. The van der Waals surface area contributed by atoms with Gasteiger partial charge in [-0.25, -0.2) is 0 Å². The summed E-state index contributed by atoms with van der Waals surface area (Å²) in [5, 5.41) is 12.3. The van der Waals surface area contributed by atoms with Crippen molar-refractivity contribution in [2.75, 3.05) is 11.1 Å². The van der Waals surface area contributed by atoms with Crippen molar-refractivity contribution < 1.29 is 9.53 Å². The first-order valence-electron chi connectivity index (χ1n) is 10.6. The number of benzene rings is 2. The molecule has 1 N–H and O–H groups in total. The highest BCUT2D eigenvalue weighted by Gasteiger charge is 2.19. The summed E-state index contributed by atoms with van der Waals surface area (Å²) in [4.78, 5) is 12.4. The Kier molecular flexibility index (Phi) is 7.74. The van der Waals surface area contributed by atoms with E-state index < -0.39 is 0 Å². The molecule has 31 heavy (non-hydrogen) atoms. The zero-order valence-electron chi connectivity index (χ0n) is 18.8. The number of aromatic nitrogens is 3. The summed E-state index contributed by atoms with van der Waals surface area (Å²) in [5.41, 5.74) is 3.14. The van der Waals surface area contributed by atoms with Gasteiger partial charge in [-0.1, -0.05) is 55.9 Å². The molecule has 0 aliphatic heterocycles. The highest BCUT2D eigenvalue weighted by atomic mass is 32.2. The Hall–Kier alpha value is -2.80. The van der Waals surface area contributed by atoms with Crippen LogP contribution in [-0.4, -0.2) is 26.4 Å². The lowest BCUT2D eigenvalue weighted by Gasteiger charge is -2.16. The van der Waals surface area contributed by atoms with E-state index in [2.05, 4.69) is 41.5 Å². The average molecular weight is 439 g/mol. The van der Waals surface area contributed by atoms with Gasteiger partial charge in [0.1, 0.15) is 5.75 Å². The van der Waals surface area contributed by atoms with Crippen molar-refractivity contribution in [1.29, 1.82) is 0 Å². The number of thioether (sulfide) groups is 1. The van der Waals surface area contributed by atoms with E-state index in [0.717, 1.165) is 22.8 Å². The lowest BCUT2D eigenvalue weighted by Crippen LogP contribution is -2.16. The Labute approximate surface area is 188 Å². The van der Waals surface area contributed by atoms with Gasteiger partial charge in [-0.3, -0.25) is 4.79 Å². The molecule has 0 aliphatic carbocycles. The summed E-state index contributed by atoms with van der Waals surface area (Å²) < 4.78 is 8.10. The predicted molar refractivity (Wildman–Crippen MR) is 126 cm³/mol. The first-order valence-corrected chi connectivity index (χ1v) is 11.6. The van der Waals surface area contributed by atoms with Crippen LogP contribution in [0.15, 0.2) is 53.7 Å². The summed E-state index contributed by atoms with van der Waals surface area (Å²) in [6, 6.07) is 15.9. The number of aryl methyl sites for hydroxylation is 1. The summed E-state index contributed by atoms with van der Waals surface area (Å²) in [7, 11) is 0. The highest BCUT2D eigenvalue weighted by molar-refractivity contribution is 7.99. The second-order valence-corrected chi connectivity index (χ2v) is 8.66. The van der Waals surface area contributed by atoms with Crippen molar-refractivity contribution in [3.8, 4) is 5.75 Å². The van der Waals surface area contributed by atoms with E-state index in [1.54, 1.807) is 0 Å². The fraction of sp³-hybridized carbons (Fsp3) is 0.375. The van der Waals surface area contributed by atoms with Gasteiger partial charge in [0.15, 0.2) is 17.1 Å². The van der Waals surface area contributed by atoms with Crippen molar-refractivity contribution >= 4 is 23.4 Å². The van der Waals surface area contributed by atoms with Gasteiger partial charge in [0.05, 0.1) is 5.75 Å². The highest BCUT2D eigenvalue weighted by Crippen LogP contribution is 2.26. The Morgan fingerprint density at radius 1 is 1.10 bits per heavy atom. The third kappa shape index (κ3) is 5.88.